The minimum Gasteiger partial charge on any atom is -0.489 e. The summed E-state index contributed by atoms with van der Waals surface area (Å²) in [5, 5.41) is 3.25. The van der Waals surface area contributed by atoms with Crippen molar-refractivity contribution in [1.29, 1.82) is 0 Å². The first-order chi connectivity index (χ1) is 10.3. The van der Waals surface area contributed by atoms with Gasteiger partial charge in [-0.2, -0.15) is 0 Å². The van der Waals surface area contributed by atoms with Crippen LogP contribution in [0, 0.1) is 0 Å². The molecule has 3 heterocycles. The summed E-state index contributed by atoms with van der Waals surface area (Å²) in [6.07, 6.45) is 0.800. The molecule has 0 bridgehead atoms. The number of amides is 2. The highest BCUT2D eigenvalue weighted by molar-refractivity contribution is 5.97. The summed E-state index contributed by atoms with van der Waals surface area (Å²) in [6.45, 7) is 3.76. The van der Waals surface area contributed by atoms with Crippen LogP contribution in [0.5, 0.6) is 5.75 Å². The SMILES string of the molecule is O=C1N(CCC2=NCCN2)CC2COc3ccccc3N12. The van der Waals surface area contributed by atoms with E-state index in [0.29, 0.717) is 13.2 Å². The number of urea groups is 1. The lowest BCUT2D eigenvalue weighted by molar-refractivity contribution is 0.221. The molecule has 4 rings (SSSR count). The van der Waals surface area contributed by atoms with Gasteiger partial charge in [-0.3, -0.25) is 9.89 Å². The molecule has 2 amide bonds. The first-order valence-corrected chi connectivity index (χ1v) is 7.40. The number of carbonyl (C=O) groups excluding carboxylic acids is 1. The number of rotatable bonds is 3. The van der Waals surface area contributed by atoms with Crippen molar-refractivity contribution in [2.75, 3.05) is 37.7 Å². The molecule has 1 aromatic carbocycles. The van der Waals surface area contributed by atoms with Crippen LogP contribution in [0.3, 0.4) is 0 Å². The van der Waals surface area contributed by atoms with Crippen LogP contribution in [0.25, 0.3) is 0 Å². The van der Waals surface area contributed by atoms with Crippen molar-refractivity contribution in [3.63, 3.8) is 0 Å². The Morgan fingerprint density at radius 3 is 3.14 bits per heavy atom. The molecule has 1 unspecified atom stereocenters. The number of nitrogens with one attached hydrogen (secondary N) is 1. The Kier molecular flexibility index (Phi) is 2.94. The van der Waals surface area contributed by atoms with Crippen molar-refractivity contribution in [2.24, 2.45) is 4.99 Å². The Morgan fingerprint density at radius 1 is 1.38 bits per heavy atom. The van der Waals surface area contributed by atoms with Gasteiger partial charge in [0.2, 0.25) is 0 Å². The zero-order valence-corrected chi connectivity index (χ0v) is 11.8. The van der Waals surface area contributed by atoms with Crippen LogP contribution in [0.1, 0.15) is 6.42 Å². The molecular weight excluding hydrogens is 268 g/mol. The first kappa shape index (κ1) is 12.5. The summed E-state index contributed by atoms with van der Waals surface area (Å²) in [4.78, 5) is 20.8. The molecule has 110 valence electrons. The molecular formula is C15H18N4O2. The van der Waals surface area contributed by atoms with E-state index in [1.165, 1.54) is 0 Å². The van der Waals surface area contributed by atoms with Crippen molar-refractivity contribution >= 4 is 17.6 Å². The number of hydrogen-bond acceptors (Lipinski definition) is 4. The third kappa shape index (κ3) is 2.11. The molecule has 21 heavy (non-hydrogen) atoms. The molecule has 6 heteroatoms. The minimum absolute atomic E-state index is 0.0781. The topological polar surface area (TPSA) is 57.2 Å². The van der Waals surface area contributed by atoms with Gasteiger partial charge >= 0.3 is 6.03 Å². The van der Waals surface area contributed by atoms with Crippen molar-refractivity contribution in [2.45, 2.75) is 12.5 Å². The number of fused-ring (bicyclic) bond motifs is 3. The number of para-hydroxylation sites is 2. The van der Waals surface area contributed by atoms with E-state index in [9.17, 15) is 4.79 Å². The van der Waals surface area contributed by atoms with E-state index in [-0.39, 0.29) is 12.1 Å². The van der Waals surface area contributed by atoms with Crippen LogP contribution in [-0.4, -0.2) is 55.6 Å². The van der Waals surface area contributed by atoms with E-state index < -0.39 is 0 Å². The summed E-state index contributed by atoms with van der Waals surface area (Å²) in [7, 11) is 0. The summed E-state index contributed by atoms with van der Waals surface area (Å²) in [6, 6.07) is 7.93. The Labute approximate surface area is 123 Å². The van der Waals surface area contributed by atoms with Crippen molar-refractivity contribution in [3.8, 4) is 5.75 Å². The normalized spacial score (nSPS) is 23.3. The third-order valence-corrected chi connectivity index (χ3v) is 4.19. The quantitative estimate of drug-likeness (QED) is 0.904. The number of benzene rings is 1. The summed E-state index contributed by atoms with van der Waals surface area (Å²) in [5.41, 5.74) is 0.887. The lowest BCUT2D eigenvalue weighted by atomic mass is 10.2. The lowest BCUT2D eigenvalue weighted by Crippen LogP contribution is -2.41. The van der Waals surface area contributed by atoms with Crippen molar-refractivity contribution in [1.82, 2.24) is 10.2 Å². The second kappa shape index (κ2) is 4.95. The molecule has 1 saturated heterocycles. The zero-order valence-electron chi connectivity index (χ0n) is 11.8. The molecule has 1 aromatic rings. The number of carbonyl (C=O) groups is 1. The van der Waals surface area contributed by atoms with Gasteiger partial charge in [0.1, 0.15) is 12.4 Å². The Bertz CT molecular complexity index is 601. The largest absolute Gasteiger partial charge is 0.489 e. The molecule has 1 N–H and O–H groups in total. The summed E-state index contributed by atoms with van der Waals surface area (Å²) >= 11 is 0. The molecule has 0 saturated carbocycles. The van der Waals surface area contributed by atoms with Gasteiger partial charge in [0, 0.05) is 26.1 Å². The van der Waals surface area contributed by atoms with Crippen LogP contribution in [0.15, 0.2) is 29.3 Å². The van der Waals surface area contributed by atoms with Crippen molar-refractivity contribution < 1.29 is 9.53 Å². The average molecular weight is 286 g/mol. The molecule has 3 aliphatic rings. The highest BCUT2D eigenvalue weighted by Crippen LogP contribution is 2.37. The van der Waals surface area contributed by atoms with E-state index >= 15 is 0 Å². The van der Waals surface area contributed by atoms with Crippen molar-refractivity contribution in [3.05, 3.63) is 24.3 Å². The number of nitrogens with zero attached hydrogens (tertiary/aromatic N) is 3. The molecule has 0 radical (unpaired) electrons. The van der Waals surface area contributed by atoms with Gasteiger partial charge in [-0.1, -0.05) is 12.1 Å². The third-order valence-electron chi connectivity index (χ3n) is 4.19. The Balaban J connectivity index is 1.50. The smallest absolute Gasteiger partial charge is 0.325 e. The fraction of sp³-hybridized carbons (Fsp3) is 0.467. The molecule has 1 atom stereocenters. The van der Waals surface area contributed by atoms with Gasteiger partial charge < -0.3 is 15.0 Å². The van der Waals surface area contributed by atoms with Crippen LogP contribution in [0.4, 0.5) is 10.5 Å². The van der Waals surface area contributed by atoms with Gasteiger partial charge in [-0.25, -0.2) is 4.79 Å². The average Bonchev–Trinajstić information content (AvgIpc) is 3.13. The maximum atomic E-state index is 12.6. The second-order valence-corrected chi connectivity index (χ2v) is 5.54. The zero-order chi connectivity index (χ0) is 14.2. The number of anilines is 1. The number of ether oxygens (including phenoxy) is 1. The molecule has 3 aliphatic heterocycles. The minimum atomic E-state index is 0.0781. The maximum absolute atomic E-state index is 12.6. The Hall–Kier alpha value is -2.24. The van der Waals surface area contributed by atoms with E-state index in [1.54, 1.807) is 0 Å². The fourth-order valence-corrected chi connectivity index (χ4v) is 3.16. The fourth-order valence-electron chi connectivity index (χ4n) is 3.16. The first-order valence-electron chi connectivity index (χ1n) is 7.40. The monoisotopic (exact) mass is 286 g/mol. The summed E-state index contributed by atoms with van der Waals surface area (Å²) < 4.78 is 5.76. The standard InChI is InChI=1S/C15H18N4O2/c20-15-18(8-5-14-16-6-7-17-14)9-11-10-21-13-4-2-1-3-12(13)19(11)15/h1-4,11H,5-10H2,(H,16,17). The predicted molar refractivity (Wildman–Crippen MR) is 80.1 cm³/mol. The molecule has 6 nitrogen and oxygen atoms in total. The van der Waals surface area contributed by atoms with Gasteiger partial charge in [-0.05, 0) is 12.1 Å². The van der Waals surface area contributed by atoms with Crippen LogP contribution < -0.4 is 15.0 Å². The maximum Gasteiger partial charge on any atom is 0.325 e. The lowest BCUT2D eigenvalue weighted by Gasteiger charge is -2.30. The van der Waals surface area contributed by atoms with Gasteiger partial charge in [0.15, 0.2) is 0 Å². The predicted octanol–water partition coefficient (Wildman–Crippen LogP) is 1.08. The molecule has 0 spiro atoms. The van der Waals surface area contributed by atoms with E-state index in [1.807, 2.05) is 34.1 Å². The van der Waals surface area contributed by atoms with Gasteiger partial charge in [0.05, 0.1) is 24.1 Å². The molecule has 0 aliphatic carbocycles. The van der Waals surface area contributed by atoms with E-state index in [0.717, 1.165) is 43.3 Å². The van der Waals surface area contributed by atoms with E-state index in [2.05, 4.69) is 10.3 Å². The molecule has 1 fully saturated rings. The molecule has 0 aromatic heterocycles. The van der Waals surface area contributed by atoms with Gasteiger partial charge in [-0.15, -0.1) is 0 Å². The second-order valence-electron chi connectivity index (χ2n) is 5.54. The number of hydrogen-bond donors (Lipinski definition) is 1. The van der Waals surface area contributed by atoms with Crippen LogP contribution in [-0.2, 0) is 0 Å². The number of amidine groups is 1. The summed E-state index contributed by atoms with van der Waals surface area (Å²) in [5.74, 6) is 1.81. The van der Waals surface area contributed by atoms with Crippen LogP contribution in [0.2, 0.25) is 0 Å². The van der Waals surface area contributed by atoms with E-state index in [4.69, 9.17) is 4.74 Å². The highest BCUT2D eigenvalue weighted by Gasteiger charge is 2.42. The highest BCUT2D eigenvalue weighted by atomic mass is 16.5. The number of aliphatic imine (C=N–C) groups is 1. The van der Waals surface area contributed by atoms with Crippen LogP contribution >= 0.6 is 0 Å². The van der Waals surface area contributed by atoms with Gasteiger partial charge in [0.25, 0.3) is 0 Å². The Morgan fingerprint density at radius 2 is 2.29 bits per heavy atom.